The molecule has 17 heavy (non-hydrogen) atoms. The van der Waals surface area contributed by atoms with E-state index in [1.54, 1.807) is 23.6 Å². The van der Waals surface area contributed by atoms with E-state index in [-0.39, 0.29) is 11.8 Å². The smallest absolute Gasteiger partial charge is 0.232 e. The van der Waals surface area contributed by atoms with Crippen molar-refractivity contribution < 1.29 is 9.59 Å². The quantitative estimate of drug-likeness (QED) is 0.696. The summed E-state index contributed by atoms with van der Waals surface area (Å²) in [6.45, 7) is 6.47. The van der Waals surface area contributed by atoms with Gasteiger partial charge in [-0.05, 0) is 12.2 Å². The highest BCUT2D eigenvalue weighted by Gasteiger charge is 2.21. The van der Waals surface area contributed by atoms with Crippen molar-refractivity contribution in [2.75, 3.05) is 37.7 Å². The summed E-state index contributed by atoms with van der Waals surface area (Å²) in [4.78, 5) is 26.7. The number of amides is 2. The van der Waals surface area contributed by atoms with Gasteiger partial charge in [-0.1, -0.05) is 13.3 Å². The first-order chi connectivity index (χ1) is 8.15. The van der Waals surface area contributed by atoms with Crippen LogP contribution in [0.5, 0.6) is 0 Å². The van der Waals surface area contributed by atoms with Crippen LogP contribution in [0.3, 0.4) is 0 Å². The second kappa shape index (κ2) is 7.58. The van der Waals surface area contributed by atoms with Gasteiger partial charge in [-0.2, -0.15) is 11.8 Å². The minimum Gasteiger partial charge on any atom is -0.339 e. The Kier molecular flexibility index (Phi) is 6.40. The highest BCUT2D eigenvalue weighted by Crippen LogP contribution is 2.08. The molecule has 0 N–H and O–H groups in total. The van der Waals surface area contributed by atoms with Crippen LogP contribution < -0.4 is 0 Å². The summed E-state index contributed by atoms with van der Waals surface area (Å²) >= 11 is 1.71. The number of piperazine rings is 1. The lowest BCUT2D eigenvalue weighted by Crippen LogP contribution is -2.50. The number of nitrogens with zero attached hydrogens (tertiary/aromatic N) is 2. The zero-order chi connectivity index (χ0) is 12.7. The fraction of sp³-hybridized carbons (Fsp3) is 0.833. The molecule has 0 aliphatic carbocycles. The van der Waals surface area contributed by atoms with Crippen molar-refractivity contribution in [3.8, 4) is 0 Å². The number of unbranched alkanes of at least 4 members (excludes halogenated alkanes) is 1. The Morgan fingerprint density at radius 3 is 2.24 bits per heavy atom. The van der Waals surface area contributed by atoms with Crippen molar-refractivity contribution in [1.29, 1.82) is 0 Å². The topological polar surface area (TPSA) is 40.6 Å². The fourth-order valence-corrected chi connectivity index (χ4v) is 2.76. The molecule has 5 heteroatoms. The fourth-order valence-electron chi connectivity index (χ4n) is 1.77. The Hall–Kier alpha value is -0.710. The van der Waals surface area contributed by atoms with Gasteiger partial charge in [0.2, 0.25) is 11.8 Å². The number of carbonyl (C=O) groups is 2. The number of hydrogen-bond acceptors (Lipinski definition) is 3. The molecule has 1 heterocycles. The van der Waals surface area contributed by atoms with E-state index in [9.17, 15) is 9.59 Å². The SMILES string of the molecule is CCCCSCC(=O)N1CCN(C(C)=O)CC1. The van der Waals surface area contributed by atoms with E-state index >= 15 is 0 Å². The maximum atomic E-state index is 11.8. The van der Waals surface area contributed by atoms with Crippen LogP contribution in [-0.2, 0) is 9.59 Å². The standard InChI is InChI=1S/C12H22N2O2S/c1-3-4-9-17-10-12(16)14-7-5-13(6-8-14)11(2)15/h3-10H2,1-2H3. The Morgan fingerprint density at radius 1 is 1.12 bits per heavy atom. The first kappa shape index (κ1) is 14.4. The van der Waals surface area contributed by atoms with Gasteiger partial charge in [0.25, 0.3) is 0 Å². The highest BCUT2D eigenvalue weighted by atomic mass is 32.2. The van der Waals surface area contributed by atoms with Crippen LogP contribution in [0.1, 0.15) is 26.7 Å². The van der Waals surface area contributed by atoms with E-state index in [2.05, 4.69) is 6.92 Å². The average Bonchev–Trinajstić information content (AvgIpc) is 2.34. The molecule has 0 aromatic heterocycles. The lowest BCUT2D eigenvalue weighted by Gasteiger charge is -2.34. The molecule has 0 aromatic carbocycles. The highest BCUT2D eigenvalue weighted by molar-refractivity contribution is 7.99. The molecule has 0 spiro atoms. The van der Waals surface area contributed by atoms with Crippen LogP contribution in [0.25, 0.3) is 0 Å². The second-order valence-corrected chi connectivity index (χ2v) is 5.40. The Labute approximate surface area is 108 Å². The van der Waals surface area contributed by atoms with Crippen molar-refractivity contribution in [3.63, 3.8) is 0 Å². The Morgan fingerprint density at radius 2 is 1.71 bits per heavy atom. The molecule has 0 aromatic rings. The summed E-state index contributed by atoms with van der Waals surface area (Å²) in [7, 11) is 0. The molecule has 0 atom stereocenters. The molecule has 1 aliphatic heterocycles. The Balaban J connectivity index is 2.19. The van der Waals surface area contributed by atoms with Gasteiger partial charge in [0.05, 0.1) is 5.75 Å². The van der Waals surface area contributed by atoms with Crippen molar-refractivity contribution >= 4 is 23.6 Å². The van der Waals surface area contributed by atoms with Crippen molar-refractivity contribution in [2.45, 2.75) is 26.7 Å². The third-order valence-corrected chi connectivity index (χ3v) is 3.97. The first-order valence-corrected chi connectivity index (χ1v) is 7.41. The lowest BCUT2D eigenvalue weighted by molar-refractivity contribution is -0.136. The number of carbonyl (C=O) groups excluding carboxylic acids is 2. The van der Waals surface area contributed by atoms with E-state index in [0.29, 0.717) is 31.9 Å². The molecule has 1 aliphatic rings. The molecule has 98 valence electrons. The van der Waals surface area contributed by atoms with Gasteiger partial charge < -0.3 is 9.80 Å². The third-order valence-electron chi connectivity index (χ3n) is 2.95. The number of thioether (sulfide) groups is 1. The van der Waals surface area contributed by atoms with Crippen LogP contribution in [-0.4, -0.2) is 59.3 Å². The van der Waals surface area contributed by atoms with E-state index in [1.165, 1.54) is 12.8 Å². The molecule has 1 rings (SSSR count). The normalized spacial score (nSPS) is 16.1. The maximum Gasteiger partial charge on any atom is 0.232 e. The van der Waals surface area contributed by atoms with Crippen LogP contribution in [0.15, 0.2) is 0 Å². The molecule has 0 radical (unpaired) electrons. The van der Waals surface area contributed by atoms with Crippen LogP contribution in [0.2, 0.25) is 0 Å². The lowest BCUT2D eigenvalue weighted by atomic mass is 10.3. The molecule has 1 fully saturated rings. The van der Waals surface area contributed by atoms with E-state index < -0.39 is 0 Å². The van der Waals surface area contributed by atoms with Gasteiger partial charge in [0.1, 0.15) is 0 Å². The van der Waals surface area contributed by atoms with Gasteiger partial charge >= 0.3 is 0 Å². The molecule has 0 saturated carbocycles. The summed E-state index contributed by atoms with van der Waals surface area (Å²) < 4.78 is 0. The van der Waals surface area contributed by atoms with Crippen LogP contribution in [0.4, 0.5) is 0 Å². The maximum absolute atomic E-state index is 11.8. The zero-order valence-corrected chi connectivity index (χ0v) is 11.6. The minimum atomic E-state index is 0.106. The van der Waals surface area contributed by atoms with Gasteiger partial charge in [-0.25, -0.2) is 0 Å². The van der Waals surface area contributed by atoms with Crippen molar-refractivity contribution in [1.82, 2.24) is 9.80 Å². The molecular formula is C12H22N2O2S. The summed E-state index contributed by atoms with van der Waals surface area (Å²) in [5.74, 6) is 1.97. The Bertz CT molecular complexity index is 263. The van der Waals surface area contributed by atoms with Gasteiger partial charge in [-0.15, -0.1) is 0 Å². The molecule has 0 bridgehead atoms. The predicted octanol–water partition coefficient (Wildman–Crippen LogP) is 1.21. The minimum absolute atomic E-state index is 0.106. The summed E-state index contributed by atoms with van der Waals surface area (Å²) in [6.07, 6.45) is 2.36. The number of hydrogen-bond donors (Lipinski definition) is 0. The van der Waals surface area contributed by atoms with E-state index in [0.717, 1.165) is 5.75 Å². The van der Waals surface area contributed by atoms with E-state index in [4.69, 9.17) is 0 Å². The largest absolute Gasteiger partial charge is 0.339 e. The van der Waals surface area contributed by atoms with Crippen molar-refractivity contribution in [3.05, 3.63) is 0 Å². The summed E-state index contributed by atoms with van der Waals surface area (Å²) in [5, 5.41) is 0. The third kappa shape index (κ3) is 4.98. The molecule has 4 nitrogen and oxygen atoms in total. The monoisotopic (exact) mass is 258 g/mol. The van der Waals surface area contributed by atoms with Gasteiger partial charge in [0, 0.05) is 33.1 Å². The van der Waals surface area contributed by atoms with Crippen molar-refractivity contribution in [2.24, 2.45) is 0 Å². The van der Waals surface area contributed by atoms with E-state index in [1.807, 2.05) is 4.90 Å². The van der Waals surface area contributed by atoms with Crippen LogP contribution >= 0.6 is 11.8 Å². The van der Waals surface area contributed by atoms with Crippen LogP contribution in [0, 0.1) is 0 Å². The first-order valence-electron chi connectivity index (χ1n) is 6.26. The molecular weight excluding hydrogens is 236 g/mol. The number of rotatable bonds is 5. The average molecular weight is 258 g/mol. The van der Waals surface area contributed by atoms with Gasteiger partial charge in [0.15, 0.2) is 0 Å². The molecule has 0 unspecified atom stereocenters. The predicted molar refractivity (Wildman–Crippen MR) is 71.1 cm³/mol. The molecule has 2 amide bonds. The second-order valence-electron chi connectivity index (χ2n) is 4.29. The van der Waals surface area contributed by atoms with Gasteiger partial charge in [-0.3, -0.25) is 9.59 Å². The summed E-state index contributed by atoms with van der Waals surface area (Å²) in [5.41, 5.74) is 0. The molecule has 1 saturated heterocycles. The summed E-state index contributed by atoms with van der Waals surface area (Å²) in [6, 6.07) is 0. The zero-order valence-electron chi connectivity index (χ0n) is 10.8.